The minimum atomic E-state index is -0.849. The highest BCUT2D eigenvalue weighted by Crippen LogP contribution is 2.49. The second-order valence-corrected chi connectivity index (χ2v) is 6.11. The maximum Gasteiger partial charge on any atom is 0.306 e. The van der Waals surface area contributed by atoms with Gasteiger partial charge in [0.15, 0.2) is 0 Å². The van der Waals surface area contributed by atoms with Crippen molar-refractivity contribution < 1.29 is 14.7 Å². The fourth-order valence-electron chi connectivity index (χ4n) is 2.62. The molecule has 0 heterocycles. The van der Waals surface area contributed by atoms with Crippen LogP contribution in [0.4, 0.5) is 0 Å². The van der Waals surface area contributed by atoms with Crippen LogP contribution in [0.2, 0.25) is 0 Å². The molecule has 0 saturated heterocycles. The summed E-state index contributed by atoms with van der Waals surface area (Å²) in [5, 5.41) is 9.14. The van der Waals surface area contributed by atoms with Gasteiger partial charge in [0, 0.05) is 11.8 Å². The Morgan fingerprint density at radius 3 is 2.33 bits per heavy atom. The van der Waals surface area contributed by atoms with Gasteiger partial charge in [-0.05, 0) is 18.3 Å². The molecule has 0 radical (unpaired) electrons. The fraction of sp³-hybridized carbons (Fsp3) is 0.733. The van der Waals surface area contributed by atoms with Gasteiger partial charge >= 0.3 is 5.97 Å². The SMILES string of the molecule is CCC[C@@H](CC(=O)C1(C)CC=CC1(C)C)C(=O)O. The Kier molecular flexibility index (Phi) is 4.36. The van der Waals surface area contributed by atoms with Crippen molar-refractivity contribution in [3.8, 4) is 0 Å². The molecule has 1 aliphatic rings. The van der Waals surface area contributed by atoms with Gasteiger partial charge < -0.3 is 5.11 Å². The van der Waals surface area contributed by atoms with Crippen LogP contribution in [-0.4, -0.2) is 16.9 Å². The molecule has 1 unspecified atom stereocenters. The lowest BCUT2D eigenvalue weighted by Gasteiger charge is -2.37. The lowest BCUT2D eigenvalue weighted by Crippen LogP contribution is -2.39. The molecule has 0 aromatic heterocycles. The predicted molar refractivity (Wildman–Crippen MR) is 71.3 cm³/mol. The van der Waals surface area contributed by atoms with E-state index >= 15 is 0 Å². The highest BCUT2D eigenvalue weighted by molar-refractivity contribution is 5.89. The van der Waals surface area contributed by atoms with Gasteiger partial charge in [-0.2, -0.15) is 0 Å². The molecule has 3 heteroatoms. The third-order valence-electron chi connectivity index (χ3n) is 4.52. The van der Waals surface area contributed by atoms with Gasteiger partial charge in [0.05, 0.1) is 5.92 Å². The summed E-state index contributed by atoms with van der Waals surface area (Å²) in [6.45, 7) is 8.00. The van der Waals surface area contributed by atoms with Crippen LogP contribution in [0.5, 0.6) is 0 Å². The molecule has 0 amide bonds. The standard InChI is InChI=1S/C15H24O3/c1-5-7-11(13(17)18)10-12(16)15(4)9-6-8-14(15,2)3/h6,8,11H,5,7,9-10H2,1-4H3,(H,17,18)/t11-,15?/m0/s1. The Bertz CT molecular complexity index is 368. The molecule has 0 saturated carbocycles. The van der Waals surface area contributed by atoms with Gasteiger partial charge in [-0.25, -0.2) is 0 Å². The number of hydrogen-bond donors (Lipinski definition) is 1. The molecular weight excluding hydrogens is 228 g/mol. The lowest BCUT2D eigenvalue weighted by atomic mass is 9.65. The molecule has 3 nitrogen and oxygen atoms in total. The average Bonchev–Trinajstić information content (AvgIpc) is 2.53. The van der Waals surface area contributed by atoms with Crippen LogP contribution < -0.4 is 0 Å². The van der Waals surface area contributed by atoms with Gasteiger partial charge in [0.1, 0.15) is 5.78 Å². The van der Waals surface area contributed by atoms with Gasteiger partial charge in [0.2, 0.25) is 0 Å². The van der Waals surface area contributed by atoms with E-state index in [0.29, 0.717) is 6.42 Å². The summed E-state index contributed by atoms with van der Waals surface area (Å²) in [5.41, 5.74) is -0.631. The zero-order chi connectivity index (χ0) is 14.0. The van der Waals surface area contributed by atoms with Crippen LogP contribution >= 0.6 is 0 Å². The van der Waals surface area contributed by atoms with Gasteiger partial charge in [-0.3, -0.25) is 9.59 Å². The second-order valence-electron chi connectivity index (χ2n) is 6.11. The highest BCUT2D eigenvalue weighted by Gasteiger charge is 2.47. The summed E-state index contributed by atoms with van der Waals surface area (Å²) in [6, 6.07) is 0. The van der Waals surface area contributed by atoms with Gasteiger partial charge in [0.25, 0.3) is 0 Å². The zero-order valence-electron chi connectivity index (χ0n) is 11.8. The predicted octanol–water partition coefficient (Wildman–Crippen LogP) is 3.44. The Balaban J connectivity index is 2.79. The number of allylic oxidation sites excluding steroid dienone is 2. The van der Waals surface area contributed by atoms with Crippen LogP contribution in [-0.2, 0) is 9.59 Å². The summed E-state index contributed by atoms with van der Waals surface area (Å²) in [7, 11) is 0. The summed E-state index contributed by atoms with van der Waals surface area (Å²) in [4.78, 5) is 23.6. The van der Waals surface area contributed by atoms with Crippen LogP contribution in [0.1, 0.15) is 53.4 Å². The molecule has 0 aromatic rings. The van der Waals surface area contributed by atoms with E-state index in [1.54, 1.807) is 0 Å². The van der Waals surface area contributed by atoms with E-state index < -0.39 is 17.3 Å². The van der Waals surface area contributed by atoms with Crippen molar-refractivity contribution in [2.75, 3.05) is 0 Å². The fourth-order valence-corrected chi connectivity index (χ4v) is 2.62. The number of aliphatic carboxylic acids is 1. The number of rotatable bonds is 6. The van der Waals surface area contributed by atoms with Crippen molar-refractivity contribution in [3.05, 3.63) is 12.2 Å². The van der Waals surface area contributed by atoms with E-state index in [4.69, 9.17) is 5.11 Å². The van der Waals surface area contributed by atoms with E-state index in [2.05, 4.69) is 6.08 Å². The lowest BCUT2D eigenvalue weighted by molar-refractivity contribution is -0.146. The van der Waals surface area contributed by atoms with Crippen LogP contribution in [0.3, 0.4) is 0 Å². The largest absolute Gasteiger partial charge is 0.481 e. The van der Waals surface area contributed by atoms with Crippen molar-refractivity contribution >= 4 is 11.8 Å². The van der Waals surface area contributed by atoms with Crippen LogP contribution in [0.15, 0.2) is 12.2 Å². The highest BCUT2D eigenvalue weighted by atomic mass is 16.4. The number of carboxylic acid groups (broad SMARTS) is 1. The van der Waals surface area contributed by atoms with Crippen molar-refractivity contribution in [2.45, 2.75) is 53.4 Å². The Morgan fingerprint density at radius 1 is 1.33 bits per heavy atom. The number of ketones is 1. The quantitative estimate of drug-likeness (QED) is 0.737. The molecule has 102 valence electrons. The molecule has 0 spiro atoms. The van der Waals surface area contributed by atoms with E-state index in [9.17, 15) is 9.59 Å². The average molecular weight is 252 g/mol. The molecule has 0 bridgehead atoms. The number of carbonyl (C=O) groups is 2. The Morgan fingerprint density at radius 2 is 1.94 bits per heavy atom. The second kappa shape index (κ2) is 5.25. The summed E-state index contributed by atoms with van der Waals surface area (Å²) in [5.74, 6) is -1.30. The van der Waals surface area contributed by atoms with Crippen molar-refractivity contribution in [2.24, 2.45) is 16.7 Å². The normalized spacial score (nSPS) is 27.1. The molecule has 2 atom stereocenters. The molecule has 18 heavy (non-hydrogen) atoms. The van der Waals surface area contributed by atoms with Crippen LogP contribution in [0, 0.1) is 16.7 Å². The summed E-state index contributed by atoms with van der Waals surface area (Å²) >= 11 is 0. The first-order valence-electron chi connectivity index (χ1n) is 6.68. The molecule has 0 aliphatic heterocycles. The maximum atomic E-state index is 12.5. The minimum absolute atomic E-state index is 0.0818. The van der Waals surface area contributed by atoms with Gasteiger partial charge in [-0.15, -0.1) is 0 Å². The number of Topliss-reactive ketones (excluding diaryl/α,β-unsaturated/α-hetero) is 1. The Labute approximate surface area is 109 Å². The smallest absolute Gasteiger partial charge is 0.306 e. The minimum Gasteiger partial charge on any atom is -0.481 e. The van der Waals surface area contributed by atoms with E-state index in [1.807, 2.05) is 33.8 Å². The topological polar surface area (TPSA) is 54.4 Å². The monoisotopic (exact) mass is 252 g/mol. The first-order valence-corrected chi connectivity index (χ1v) is 6.68. The van der Waals surface area contributed by atoms with Crippen molar-refractivity contribution in [1.29, 1.82) is 0 Å². The first-order chi connectivity index (χ1) is 8.24. The van der Waals surface area contributed by atoms with E-state index in [-0.39, 0.29) is 17.6 Å². The summed E-state index contributed by atoms with van der Waals surface area (Å²) in [6.07, 6.45) is 6.35. The van der Waals surface area contributed by atoms with Crippen LogP contribution in [0.25, 0.3) is 0 Å². The molecule has 1 N–H and O–H groups in total. The third kappa shape index (κ3) is 2.65. The van der Waals surface area contributed by atoms with E-state index in [0.717, 1.165) is 12.8 Å². The Hall–Kier alpha value is -1.12. The van der Waals surface area contributed by atoms with Crippen molar-refractivity contribution in [1.82, 2.24) is 0 Å². The number of carboxylic acids is 1. The molecule has 0 aromatic carbocycles. The van der Waals surface area contributed by atoms with Gasteiger partial charge in [-0.1, -0.05) is 46.3 Å². The molecule has 1 rings (SSSR count). The van der Waals surface area contributed by atoms with E-state index in [1.165, 1.54) is 0 Å². The molecular formula is C15H24O3. The number of carbonyl (C=O) groups excluding carboxylic acids is 1. The molecule has 0 fully saturated rings. The third-order valence-corrected chi connectivity index (χ3v) is 4.52. The number of hydrogen-bond acceptors (Lipinski definition) is 2. The molecule has 1 aliphatic carbocycles. The van der Waals surface area contributed by atoms with Crippen molar-refractivity contribution in [3.63, 3.8) is 0 Å². The zero-order valence-corrected chi connectivity index (χ0v) is 11.8. The maximum absolute atomic E-state index is 12.5. The first kappa shape index (κ1) is 14.9. The summed E-state index contributed by atoms with van der Waals surface area (Å²) < 4.78 is 0.